The predicted octanol–water partition coefficient (Wildman–Crippen LogP) is 2.42. The molecular formula is C21H21NO4. The fourth-order valence-electron chi connectivity index (χ4n) is 4.39. The molecule has 5 nitrogen and oxygen atoms in total. The Morgan fingerprint density at radius 3 is 2.88 bits per heavy atom. The third-order valence-electron chi connectivity index (χ3n) is 5.73. The van der Waals surface area contributed by atoms with E-state index in [1.807, 2.05) is 35.2 Å². The maximum atomic E-state index is 13.6. The molecule has 0 aromatic heterocycles. The molecule has 0 aliphatic carbocycles. The van der Waals surface area contributed by atoms with E-state index in [4.69, 9.17) is 9.47 Å². The number of anilines is 1. The molecule has 1 N–H and O–H groups in total. The standard InChI is InChI=1S/C21H21NO4/c1-13(23)6-8-22-17-5-3-2-4-15(17)21(20(22)24)12-26-19-11-18-14(7-9-25-18)10-16(19)21/h2-5,10-11,13,23H,6-9,12H2,1H3. The number of rotatable bonds is 3. The van der Waals surface area contributed by atoms with Crippen LogP contribution in [-0.4, -0.2) is 36.9 Å². The van der Waals surface area contributed by atoms with E-state index in [9.17, 15) is 9.90 Å². The number of hydrogen-bond donors (Lipinski definition) is 1. The van der Waals surface area contributed by atoms with Gasteiger partial charge in [0.15, 0.2) is 0 Å². The van der Waals surface area contributed by atoms with Crippen molar-refractivity contribution in [2.45, 2.75) is 31.3 Å². The molecule has 1 spiro atoms. The first-order valence-electron chi connectivity index (χ1n) is 9.14. The summed E-state index contributed by atoms with van der Waals surface area (Å²) in [7, 11) is 0. The van der Waals surface area contributed by atoms with E-state index < -0.39 is 11.5 Å². The third-order valence-corrected chi connectivity index (χ3v) is 5.73. The van der Waals surface area contributed by atoms with Crippen LogP contribution in [0.1, 0.15) is 30.0 Å². The summed E-state index contributed by atoms with van der Waals surface area (Å²) in [5.41, 5.74) is 3.21. The van der Waals surface area contributed by atoms with E-state index in [2.05, 4.69) is 6.07 Å². The van der Waals surface area contributed by atoms with Crippen LogP contribution in [0.5, 0.6) is 11.5 Å². The Kier molecular flexibility index (Phi) is 3.31. The van der Waals surface area contributed by atoms with Crippen molar-refractivity contribution < 1.29 is 19.4 Å². The minimum absolute atomic E-state index is 0.0389. The van der Waals surface area contributed by atoms with Crippen LogP contribution in [0, 0.1) is 0 Å². The molecule has 0 radical (unpaired) electrons. The number of amides is 1. The lowest BCUT2D eigenvalue weighted by Crippen LogP contribution is -2.43. The number of fused-ring (bicyclic) bond motifs is 5. The summed E-state index contributed by atoms with van der Waals surface area (Å²) in [4.78, 5) is 15.4. The van der Waals surface area contributed by atoms with Gasteiger partial charge in [-0.3, -0.25) is 4.79 Å². The molecule has 26 heavy (non-hydrogen) atoms. The maximum Gasteiger partial charge on any atom is 0.245 e. The first-order valence-corrected chi connectivity index (χ1v) is 9.14. The Morgan fingerprint density at radius 1 is 1.19 bits per heavy atom. The molecule has 3 heterocycles. The number of ether oxygens (including phenoxy) is 2. The van der Waals surface area contributed by atoms with Crippen molar-refractivity contribution in [3.8, 4) is 11.5 Å². The van der Waals surface area contributed by atoms with E-state index >= 15 is 0 Å². The van der Waals surface area contributed by atoms with Gasteiger partial charge in [-0.25, -0.2) is 0 Å². The van der Waals surface area contributed by atoms with Gasteiger partial charge >= 0.3 is 0 Å². The van der Waals surface area contributed by atoms with Gasteiger partial charge in [-0.15, -0.1) is 0 Å². The number of aliphatic hydroxyl groups is 1. The molecule has 0 bridgehead atoms. The molecule has 5 heteroatoms. The van der Waals surface area contributed by atoms with Crippen molar-refractivity contribution in [2.75, 3.05) is 24.7 Å². The predicted molar refractivity (Wildman–Crippen MR) is 97.0 cm³/mol. The zero-order valence-corrected chi connectivity index (χ0v) is 14.7. The lowest BCUT2D eigenvalue weighted by molar-refractivity contribution is -0.122. The first-order chi connectivity index (χ1) is 12.6. The number of aliphatic hydroxyl groups excluding tert-OH is 1. The lowest BCUT2D eigenvalue weighted by atomic mass is 9.76. The number of carbonyl (C=O) groups excluding carboxylic acids is 1. The van der Waals surface area contributed by atoms with Crippen LogP contribution in [0.15, 0.2) is 36.4 Å². The van der Waals surface area contributed by atoms with Crippen LogP contribution < -0.4 is 14.4 Å². The monoisotopic (exact) mass is 351 g/mol. The molecule has 0 fully saturated rings. The molecule has 0 saturated carbocycles. The summed E-state index contributed by atoms with van der Waals surface area (Å²) in [6, 6.07) is 12.0. The molecule has 3 aliphatic rings. The fourth-order valence-corrected chi connectivity index (χ4v) is 4.39. The summed E-state index contributed by atoms with van der Waals surface area (Å²) >= 11 is 0. The summed E-state index contributed by atoms with van der Waals surface area (Å²) in [5.74, 6) is 1.65. The molecule has 2 aromatic rings. The molecular weight excluding hydrogens is 330 g/mol. The van der Waals surface area contributed by atoms with Crippen LogP contribution >= 0.6 is 0 Å². The molecule has 2 unspecified atom stereocenters. The number of para-hydroxylation sites is 1. The quantitative estimate of drug-likeness (QED) is 0.923. The van der Waals surface area contributed by atoms with Crippen molar-refractivity contribution >= 4 is 11.6 Å². The second-order valence-corrected chi connectivity index (χ2v) is 7.36. The van der Waals surface area contributed by atoms with Gasteiger partial charge in [-0.2, -0.15) is 0 Å². The molecule has 2 atom stereocenters. The molecule has 2 aromatic carbocycles. The van der Waals surface area contributed by atoms with Gasteiger partial charge in [-0.1, -0.05) is 18.2 Å². The van der Waals surface area contributed by atoms with Crippen LogP contribution in [0.2, 0.25) is 0 Å². The summed E-state index contributed by atoms with van der Waals surface area (Å²) in [6.45, 7) is 3.24. The Balaban J connectivity index is 1.66. The average molecular weight is 351 g/mol. The molecule has 3 aliphatic heterocycles. The highest BCUT2D eigenvalue weighted by Gasteiger charge is 2.57. The Hall–Kier alpha value is -2.53. The lowest BCUT2D eigenvalue weighted by Gasteiger charge is -2.23. The number of nitrogens with zero attached hydrogens (tertiary/aromatic N) is 1. The van der Waals surface area contributed by atoms with Crippen molar-refractivity contribution in [2.24, 2.45) is 0 Å². The van der Waals surface area contributed by atoms with Gasteiger partial charge in [0.1, 0.15) is 23.5 Å². The van der Waals surface area contributed by atoms with Gasteiger partial charge in [0, 0.05) is 30.3 Å². The number of benzene rings is 2. The van der Waals surface area contributed by atoms with Crippen LogP contribution in [0.25, 0.3) is 0 Å². The first kappa shape index (κ1) is 15.7. The highest BCUT2D eigenvalue weighted by Crippen LogP contribution is 2.53. The SMILES string of the molecule is CC(O)CCN1C(=O)C2(COc3cc4c(cc32)CCO4)c2ccccc21. The molecule has 1 amide bonds. The van der Waals surface area contributed by atoms with Crippen molar-refractivity contribution in [1.82, 2.24) is 0 Å². The number of hydrogen-bond acceptors (Lipinski definition) is 4. The second kappa shape index (κ2) is 5.48. The highest BCUT2D eigenvalue weighted by molar-refractivity contribution is 6.11. The van der Waals surface area contributed by atoms with Crippen LogP contribution in [0.3, 0.4) is 0 Å². The van der Waals surface area contributed by atoms with E-state index in [-0.39, 0.29) is 5.91 Å². The topological polar surface area (TPSA) is 59.0 Å². The normalized spacial score (nSPS) is 23.5. The zero-order chi connectivity index (χ0) is 17.9. The van der Waals surface area contributed by atoms with Crippen molar-refractivity contribution in [3.05, 3.63) is 53.1 Å². The average Bonchev–Trinajstić information content (AvgIpc) is 3.29. The minimum Gasteiger partial charge on any atom is -0.493 e. The van der Waals surface area contributed by atoms with Gasteiger partial charge in [0.25, 0.3) is 0 Å². The largest absolute Gasteiger partial charge is 0.493 e. The fraction of sp³-hybridized carbons (Fsp3) is 0.381. The zero-order valence-electron chi connectivity index (χ0n) is 14.7. The van der Waals surface area contributed by atoms with E-state index in [1.165, 1.54) is 0 Å². The Morgan fingerprint density at radius 2 is 2.04 bits per heavy atom. The van der Waals surface area contributed by atoms with Crippen LogP contribution in [0.4, 0.5) is 5.69 Å². The summed E-state index contributed by atoms with van der Waals surface area (Å²) in [6.07, 6.45) is 0.960. The van der Waals surface area contributed by atoms with Gasteiger partial charge in [-0.05, 0) is 36.6 Å². The smallest absolute Gasteiger partial charge is 0.245 e. The summed E-state index contributed by atoms with van der Waals surface area (Å²) < 4.78 is 11.6. The van der Waals surface area contributed by atoms with Crippen molar-refractivity contribution in [1.29, 1.82) is 0 Å². The minimum atomic E-state index is -0.789. The molecule has 5 rings (SSSR count). The third kappa shape index (κ3) is 1.98. The second-order valence-electron chi connectivity index (χ2n) is 7.36. The van der Waals surface area contributed by atoms with E-state index in [0.717, 1.165) is 40.3 Å². The maximum absolute atomic E-state index is 13.6. The molecule has 134 valence electrons. The summed E-state index contributed by atoms with van der Waals surface area (Å²) in [5, 5.41) is 9.69. The van der Waals surface area contributed by atoms with Gasteiger partial charge in [0.2, 0.25) is 5.91 Å². The highest BCUT2D eigenvalue weighted by atomic mass is 16.5. The van der Waals surface area contributed by atoms with Gasteiger partial charge in [0.05, 0.1) is 12.7 Å². The van der Waals surface area contributed by atoms with E-state index in [1.54, 1.807) is 6.92 Å². The Bertz CT molecular complexity index is 907. The van der Waals surface area contributed by atoms with Gasteiger partial charge < -0.3 is 19.5 Å². The van der Waals surface area contributed by atoms with E-state index in [0.29, 0.717) is 26.2 Å². The Labute approximate surface area is 152 Å². The molecule has 0 saturated heterocycles. The van der Waals surface area contributed by atoms with Crippen molar-refractivity contribution in [3.63, 3.8) is 0 Å². The number of carbonyl (C=O) groups is 1. The van der Waals surface area contributed by atoms with Crippen LogP contribution in [-0.2, 0) is 16.6 Å².